The van der Waals surface area contributed by atoms with Gasteiger partial charge in [-0.05, 0) is 50.4 Å². The van der Waals surface area contributed by atoms with Crippen molar-refractivity contribution in [2.45, 2.75) is 12.8 Å². The molecule has 0 aliphatic heterocycles. The first-order valence-electron chi connectivity index (χ1n) is 5.48. The van der Waals surface area contributed by atoms with Crippen molar-refractivity contribution >= 4 is 49.0 Å². The Bertz CT molecular complexity index is 653. The fourth-order valence-electron chi connectivity index (χ4n) is 1.74. The number of aryl methyl sites for hydroxylation is 1. The molecule has 1 aromatic carbocycles. The van der Waals surface area contributed by atoms with Crippen LogP contribution in [0, 0.1) is 18.3 Å². The number of nitrogens with zero attached hydrogens (tertiary/aromatic N) is 1. The molecule has 0 bridgehead atoms. The number of carbonyl (C=O) groups excluding carboxylic acids is 1. The van der Waals surface area contributed by atoms with Gasteiger partial charge in [0.15, 0.2) is 5.78 Å². The van der Waals surface area contributed by atoms with Gasteiger partial charge in [0, 0.05) is 4.47 Å². The molecule has 0 spiro atoms. The van der Waals surface area contributed by atoms with Gasteiger partial charge in [0.05, 0.1) is 14.7 Å². The lowest BCUT2D eigenvalue weighted by Gasteiger charge is -2.07. The van der Waals surface area contributed by atoms with E-state index in [1.165, 1.54) is 11.3 Å². The topological polar surface area (TPSA) is 40.9 Å². The van der Waals surface area contributed by atoms with E-state index in [4.69, 9.17) is 0 Å². The van der Waals surface area contributed by atoms with Crippen molar-refractivity contribution in [2.75, 3.05) is 0 Å². The Morgan fingerprint density at radius 1 is 1.37 bits per heavy atom. The maximum atomic E-state index is 12.4. The average molecular weight is 399 g/mol. The van der Waals surface area contributed by atoms with Gasteiger partial charge in [0.1, 0.15) is 5.92 Å². The van der Waals surface area contributed by atoms with Crippen LogP contribution in [-0.4, -0.2) is 5.78 Å². The SMILES string of the molecule is Cc1cccc(C(C#N)C(=O)c2cc(Br)c(Br)s2)c1. The zero-order valence-corrected chi connectivity index (χ0v) is 14.0. The van der Waals surface area contributed by atoms with Crippen LogP contribution < -0.4 is 0 Å². The minimum Gasteiger partial charge on any atom is -0.291 e. The van der Waals surface area contributed by atoms with E-state index < -0.39 is 5.92 Å². The Kier molecular flexibility index (Phi) is 4.56. The summed E-state index contributed by atoms with van der Waals surface area (Å²) >= 11 is 8.05. The molecule has 5 heteroatoms. The van der Waals surface area contributed by atoms with E-state index in [2.05, 4.69) is 37.9 Å². The number of hydrogen-bond donors (Lipinski definition) is 0. The lowest BCUT2D eigenvalue weighted by molar-refractivity contribution is 0.0983. The number of thiophene rings is 1. The van der Waals surface area contributed by atoms with Crippen LogP contribution in [0.4, 0.5) is 0 Å². The molecule has 1 atom stereocenters. The van der Waals surface area contributed by atoms with Gasteiger partial charge < -0.3 is 0 Å². The highest BCUT2D eigenvalue weighted by atomic mass is 79.9. The monoisotopic (exact) mass is 397 g/mol. The molecule has 2 aromatic rings. The quantitative estimate of drug-likeness (QED) is 0.677. The van der Waals surface area contributed by atoms with E-state index in [1.807, 2.05) is 31.2 Å². The lowest BCUT2D eigenvalue weighted by atomic mass is 9.94. The summed E-state index contributed by atoms with van der Waals surface area (Å²) in [6.07, 6.45) is 0. The van der Waals surface area contributed by atoms with Gasteiger partial charge in [-0.2, -0.15) is 5.26 Å². The molecule has 0 aliphatic rings. The third-order valence-corrected chi connectivity index (χ3v) is 5.93. The smallest absolute Gasteiger partial charge is 0.194 e. The molecule has 1 aromatic heterocycles. The fraction of sp³-hybridized carbons (Fsp3) is 0.143. The highest BCUT2D eigenvalue weighted by Gasteiger charge is 2.24. The second-order valence-electron chi connectivity index (χ2n) is 4.07. The molecule has 2 nitrogen and oxygen atoms in total. The molecule has 0 radical (unpaired) electrons. The van der Waals surface area contributed by atoms with Crippen molar-refractivity contribution in [3.8, 4) is 6.07 Å². The van der Waals surface area contributed by atoms with E-state index in [1.54, 1.807) is 6.07 Å². The van der Waals surface area contributed by atoms with Gasteiger partial charge in [-0.3, -0.25) is 4.79 Å². The first-order valence-corrected chi connectivity index (χ1v) is 7.88. The predicted molar refractivity (Wildman–Crippen MR) is 83.6 cm³/mol. The van der Waals surface area contributed by atoms with Crippen molar-refractivity contribution in [1.82, 2.24) is 0 Å². The Labute approximate surface area is 132 Å². The van der Waals surface area contributed by atoms with E-state index in [0.29, 0.717) is 4.88 Å². The molecule has 0 saturated carbocycles. The highest BCUT2D eigenvalue weighted by molar-refractivity contribution is 9.13. The van der Waals surface area contributed by atoms with E-state index in [-0.39, 0.29) is 5.78 Å². The van der Waals surface area contributed by atoms with Crippen LogP contribution in [0.25, 0.3) is 0 Å². The number of ketones is 1. The molecule has 1 heterocycles. The molecule has 0 N–H and O–H groups in total. The Balaban J connectivity index is 2.38. The summed E-state index contributed by atoms with van der Waals surface area (Å²) in [5.74, 6) is -0.915. The molecule has 2 rings (SSSR count). The third-order valence-electron chi connectivity index (χ3n) is 2.65. The molecule has 1 unspecified atom stereocenters. The molecule has 0 amide bonds. The maximum absolute atomic E-state index is 12.4. The number of rotatable bonds is 3. The summed E-state index contributed by atoms with van der Waals surface area (Å²) in [6, 6.07) is 11.3. The Hall–Kier alpha value is -0.960. The van der Waals surface area contributed by atoms with E-state index in [9.17, 15) is 10.1 Å². The summed E-state index contributed by atoms with van der Waals surface area (Å²) in [7, 11) is 0. The number of hydrogen-bond acceptors (Lipinski definition) is 3. The molecule has 19 heavy (non-hydrogen) atoms. The van der Waals surface area contributed by atoms with E-state index in [0.717, 1.165) is 19.4 Å². The number of halogens is 2. The van der Waals surface area contributed by atoms with Crippen LogP contribution >= 0.6 is 43.2 Å². The molecule has 0 aliphatic carbocycles. The van der Waals surface area contributed by atoms with Crippen molar-refractivity contribution in [3.05, 3.63) is 54.6 Å². The first kappa shape index (κ1) is 14.4. The summed E-state index contributed by atoms with van der Waals surface area (Å²) in [6.45, 7) is 1.95. The standard InChI is InChI=1S/C14H9Br2NOS/c1-8-3-2-4-9(5-8)10(7-17)13(18)12-6-11(15)14(16)19-12/h2-6,10H,1H3. The normalized spacial score (nSPS) is 11.9. The van der Waals surface area contributed by atoms with Crippen LogP contribution in [-0.2, 0) is 0 Å². The van der Waals surface area contributed by atoms with Crippen LogP contribution in [0.1, 0.15) is 26.7 Å². The second-order valence-corrected chi connectivity index (χ2v) is 7.30. The molecular formula is C14H9Br2NOS. The van der Waals surface area contributed by atoms with Gasteiger partial charge in [0.2, 0.25) is 0 Å². The van der Waals surface area contributed by atoms with Crippen LogP contribution in [0.15, 0.2) is 38.6 Å². The van der Waals surface area contributed by atoms with Crippen molar-refractivity contribution in [3.63, 3.8) is 0 Å². The van der Waals surface area contributed by atoms with E-state index >= 15 is 0 Å². The average Bonchev–Trinajstić information content (AvgIpc) is 2.70. The van der Waals surface area contributed by atoms with Gasteiger partial charge in [-0.25, -0.2) is 0 Å². The van der Waals surface area contributed by atoms with Gasteiger partial charge >= 0.3 is 0 Å². The van der Waals surface area contributed by atoms with Crippen LogP contribution in [0.5, 0.6) is 0 Å². The van der Waals surface area contributed by atoms with Crippen molar-refractivity contribution < 1.29 is 4.79 Å². The summed E-state index contributed by atoms with van der Waals surface area (Å²) in [5, 5.41) is 9.29. The van der Waals surface area contributed by atoms with Crippen LogP contribution in [0.2, 0.25) is 0 Å². The number of benzene rings is 1. The summed E-state index contributed by atoms with van der Waals surface area (Å²) in [5.41, 5.74) is 1.78. The minimum atomic E-state index is -0.752. The van der Waals surface area contributed by atoms with Gasteiger partial charge in [-0.1, -0.05) is 29.8 Å². The van der Waals surface area contributed by atoms with Crippen LogP contribution in [0.3, 0.4) is 0 Å². The number of Topliss-reactive ketones (excluding diaryl/α,β-unsaturated/α-hetero) is 1. The van der Waals surface area contributed by atoms with Crippen molar-refractivity contribution in [2.24, 2.45) is 0 Å². The van der Waals surface area contributed by atoms with Gasteiger partial charge in [0.25, 0.3) is 0 Å². The highest BCUT2D eigenvalue weighted by Crippen LogP contribution is 2.35. The first-order chi connectivity index (χ1) is 9.02. The fourth-order valence-corrected chi connectivity index (χ4v) is 3.75. The third kappa shape index (κ3) is 3.14. The number of nitriles is 1. The molecule has 0 fully saturated rings. The summed E-state index contributed by atoms with van der Waals surface area (Å²) < 4.78 is 1.69. The largest absolute Gasteiger partial charge is 0.291 e. The molecule has 0 saturated heterocycles. The van der Waals surface area contributed by atoms with Gasteiger partial charge in [-0.15, -0.1) is 11.3 Å². The zero-order chi connectivity index (χ0) is 14.0. The second kappa shape index (κ2) is 6.00. The maximum Gasteiger partial charge on any atom is 0.194 e. The zero-order valence-electron chi connectivity index (χ0n) is 9.98. The number of carbonyl (C=O) groups is 1. The Morgan fingerprint density at radius 2 is 2.11 bits per heavy atom. The lowest BCUT2D eigenvalue weighted by Crippen LogP contribution is -2.09. The summed E-state index contributed by atoms with van der Waals surface area (Å²) in [4.78, 5) is 13.0. The predicted octanol–water partition coefficient (Wildman–Crippen LogP) is 5.07. The van der Waals surface area contributed by atoms with Crippen molar-refractivity contribution in [1.29, 1.82) is 5.26 Å². The molecular weight excluding hydrogens is 390 g/mol. The molecule has 96 valence electrons. The Morgan fingerprint density at radius 3 is 2.63 bits per heavy atom. The minimum absolute atomic E-state index is 0.162.